The van der Waals surface area contributed by atoms with E-state index in [9.17, 15) is 24.5 Å². The van der Waals surface area contributed by atoms with Gasteiger partial charge in [-0.2, -0.15) is 5.01 Å². The van der Waals surface area contributed by atoms with Crippen LogP contribution in [0.3, 0.4) is 0 Å². The molecule has 2 aromatic rings. The minimum absolute atomic E-state index is 0.00150. The predicted octanol–water partition coefficient (Wildman–Crippen LogP) is 4.73. The first kappa shape index (κ1) is 23.8. The summed E-state index contributed by atoms with van der Waals surface area (Å²) in [5.41, 5.74) is 0.0621. The lowest BCUT2D eigenvalue weighted by Gasteiger charge is -2.30. The summed E-state index contributed by atoms with van der Waals surface area (Å²) in [4.78, 5) is 51.3. The van der Waals surface area contributed by atoms with E-state index in [-0.39, 0.29) is 38.0 Å². The number of fused-ring (bicyclic) bond motifs is 1. The standard InChI is InChI=1S/C22H18Br2ClN3O5/c23-16-9-14-15(10-17(16)24)22(31)27(21(14)30)26(20(29)13-6-2-3-7-18(13)25)11-12-5-1-4-8-19(12)28(32)33/h1-8,14-17H,9-11H2/t14-,15-,16+,17+/m1/s1. The van der Waals surface area contributed by atoms with E-state index >= 15 is 0 Å². The summed E-state index contributed by atoms with van der Waals surface area (Å²) in [7, 11) is 0. The molecule has 0 unspecified atom stereocenters. The van der Waals surface area contributed by atoms with Gasteiger partial charge in [0.25, 0.3) is 23.4 Å². The lowest BCUT2D eigenvalue weighted by atomic mass is 9.81. The van der Waals surface area contributed by atoms with E-state index < -0.39 is 34.5 Å². The monoisotopic (exact) mass is 597 g/mol. The highest BCUT2D eigenvalue weighted by molar-refractivity contribution is 9.12. The number of carbonyl (C=O) groups excluding carboxylic acids is 3. The van der Waals surface area contributed by atoms with Gasteiger partial charge in [0.2, 0.25) is 0 Å². The fourth-order valence-electron chi connectivity index (χ4n) is 4.31. The van der Waals surface area contributed by atoms with Crippen LogP contribution in [0.15, 0.2) is 48.5 Å². The molecule has 8 nitrogen and oxygen atoms in total. The minimum Gasteiger partial charge on any atom is -0.272 e. The molecule has 0 aromatic heterocycles. The van der Waals surface area contributed by atoms with Crippen molar-refractivity contribution < 1.29 is 19.3 Å². The van der Waals surface area contributed by atoms with Crippen LogP contribution in [0.1, 0.15) is 28.8 Å². The first-order chi connectivity index (χ1) is 15.7. The van der Waals surface area contributed by atoms with E-state index in [1.807, 2.05) is 0 Å². The van der Waals surface area contributed by atoms with Gasteiger partial charge in [0.15, 0.2) is 0 Å². The predicted molar refractivity (Wildman–Crippen MR) is 128 cm³/mol. The Bertz CT molecular complexity index is 1120. The van der Waals surface area contributed by atoms with E-state index in [1.165, 1.54) is 30.3 Å². The number of amides is 3. The first-order valence-corrected chi connectivity index (χ1v) is 12.4. The lowest BCUT2D eigenvalue weighted by Crippen LogP contribution is -2.50. The van der Waals surface area contributed by atoms with Gasteiger partial charge in [-0.25, -0.2) is 5.01 Å². The summed E-state index contributed by atoms with van der Waals surface area (Å²) < 4.78 is 0. The number of nitrogens with zero attached hydrogens (tertiary/aromatic N) is 3. The Morgan fingerprint density at radius 1 is 1.03 bits per heavy atom. The van der Waals surface area contributed by atoms with Crippen molar-refractivity contribution in [1.29, 1.82) is 0 Å². The third kappa shape index (κ3) is 4.43. The maximum atomic E-state index is 13.6. The van der Waals surface area contributed by atoms with E-state index in [0.717, 1.165) is 10.0 Å². The van der Waals surface area contributed by atoms with Crippen LogP contribution in [0.5, 0.6) is 0 Å². The highest BCUT2D eigenvalue weighted by Crippen LogP contribution is 2.44. The van der Waals surface area contributed by atoms with Crippen LogP contribution in [-0.4, -0.2) is 42.3 Å². The highest BCUT2D eigenvalue weighted by atomic mass is 79.9. The van der Waals surface area contributed by atoms with E-state index in [2.05, 4.69) is 31.9 Å². The second kappa shape index (κ2) is 9.52. The number of nitro groups is 1. The van der Waals surface area contributed by atoms with Gasteiger partial charge in [0.05, 0.1) is 39.5 Å². The number of carbonyl (C=O) groups is 3. The van der Waals surface area contributed by atoms with Crippen LogP contribution < -0.4 is 0 Å². The molecule has 0 bridgehead atoms. The Kier molecular flexibility index (Phi) is 6.88. The van der Waals surface area contributed by atoms with Crippen molar-refractivity contribution >= 4 is 66.9 Å². The zero-order valence-corrected chi connectivity index (χ0v) is 21.0. The lowest BCUT2D eigenvalue weighted by molar-refractivity contribution is -0.385. The second-order valence-electron chi connectivity index (χ2n) is 7.93. The SMILES string of the molecule is O=C(c1ccccc1Cl)N(Cc1ccccc1[N+](=O)[O-])N1C(=O)[C@@H]2C[C@H](Br)[C@@H](Br)C[C@H]2C1=O. The summed E-state index contributed by atoms with van der Waals surface area (Å²) in [6.07, 6.45) is 0.864. The smallest absolute Gasteiger partial charge is 0.272 e. The van der Waals surface area contributed by atoms with Crippen molar-refractivity contribution in [2.45, 2.75) is 29.0 Å². The number of benzene rings is 2. The molecule has 172 valence electrons. The van der Waals surface area contributed by atoms with Crippen molar-refractivity contribution in [2.24, 2.45) is 11.8 Å². The van der Waals surface area contributed by atoms with Gasteiger partial charge in [-0.15, -0.1) is 0 Å². The Morgan fingerprint density at radius 2 is 1.58 bits per heavy atom. The molecule has 0 radical (unpaired) electrons. The number of rotatable bonds is 5. The summed E-state index contributed by atoms with van der Waals surface area (Å²) in [6.45, 7) is -0.340. The van der Waals surface area contributed by atoms with E-state index in [0.29, 0.717) is 12.8 Å². The van der Waals surface area contributed by atoms with Crippen LogP contribution in [0.25, 0.3) is 0 Å². The van der Waals surface area contributed by atoms with Gasteiger partial charge < -0.3 is 0 Å². The number of hydrazine groups is 1. The molecule has 2 aromatic carbocycles. The number of para-hydroxylation sites is 1. The van der Waals surface area contributed by atoms with Gasteiger partial charge in [0.1, 0.15) is 0 Å². The molecular weight excluding hydrogens is 582 g/mol. The summed E-state index contributed by atoms with van der Waals surface area (Å²) >= 11 is 13.3. The van der Waals surface area contributed by atoms with Crippen molar-refractivity contribution in [2.75, 3.05) is 0 Å². The molecule has 1 saturated carbocycles. The largest absolute Gasteiger partial charge is 0.274 e. The molecular formula is C22H18Br2ClN3O5. The normalized spacial score (nSPS) is 24.5. The summed E-state index contributed by atoms with van der Waals surface area (Å²) in [5.74, 6) is -2.84. The van der Waals surface area contributed by atoms with Crippen LogP contribution in [0.2, 0.25) is 5.02 Å². The molecule has 4 atom stereocenters. The minimum atomic E-state index is -0.690. The van der Waals surface area contributed by atoms with Gasteiger partial charge in [-0.05, 0) is 25.0 Å². The van der Waals surface area contributed by atoms with Crippen LogP contribution >= 0.6 is 43.5 Å². The molecule has 2 fully saturated rings. The molecule has 2 aliphatic rings. The fourth-order valence-corrected chi connectivity index (χ4v) is 5.76. The molecule has 11 heteroatoms. The number of hydrogen-bond acceptors (Lipinski definition) is 5. The summed E-state index contributed by atoms with van der Waals surface area (Å²) in [5, 5.41) is 13.5. The zero-order chi connectivity index (χ0) is 23.9. The third-order valence-corrected chi connectivity index (χ3v) is 9.04. The molecule has 1 aliphatic heterocycles. The number of alkyl halides is 2. The molecule has 4 rings (SSSR count). The third-order valence-electron chi connectivity index (χ3n) is 5.98. The number of hydrogen-bond donors (Lipinski definition) is 0. The van der Waals surface area contributed by atoms with Crippen molar-refractivity contribution in [3.05, 3.63) is 74.8 Å². The van der Waals surface area contributed by atoms with Crippen LogP contribution in [0.4, 0.5) is 5.69 Å². The summed E-state index contributed by atoms with van der Waals surface area (Å²) in [6, 6.07) is 12.2. The topological polar surface area (TPSA) is 101 Å². The van der Waals surface area contributed by atoms with Crippen LogP contribution in [0, 0.1) is 22.0 Å². The maximum Gasteiger partial charge on any atom is 0.274 e. The van der Waals surface area contributed by atoms with Crippen molar-refractivity contribution in [3.63, 3.8) is 0 Å². The van der Waals surface area contributed by atoms with E-state index in [1.54, 1.807) is 18.2 Å². The van der Waals surface area contributed by atoms with Crippen molar-refractivity contribution in [3.8, 4) is 0 Å². The first-order valence-electron chi connectivity index (χ1n) is 10.1. The van der Waals surface area contributed by atoms with Gasteiger partial charge in [-0.1, -0.05) is 73.8 Å². The van der Waals surface area contributed by atoms with Crippen molar-refractivity contribution in [1.82, 2.24) is 10.0 Å². The molecule has 0 spiro atoms. The van der Waals surface area contributed by atoms with Gasteiger partial charge in [0, 0.05) is 15.7 Å². The van der Waals surface area contributed by atoms with Crippen LogP contribution in [-0.2, 0) is 16.1 Å². The second-order valence-corrected chi connectivity index (χ2v) is 10.7. The Hall–Kier alpha value is -2.30. The molecule has 1 aliphatic carbocycles. The molecule has 3 amide bonds. The molecule has 1 heterocycles. The van der Waals surface area contributed by atoms with E-state index in [4.69, 9.17) is 11.6 Å². The average Bonchev–Trinajstić information content (AvgIpc) is 3.02. The molecule has 33 heavy (non-hydrogen) atoms. The zero-order valence-electron chi connectivity index (χ0n) is 17.1. The van der Waals surface area contributed by atoms with Gasteiger partial charge >= 0.3 is 0 Å². The number of nitro benzene ring substituents is 1. The maximum absolute atomic E-state index is 13.6. The molecule has 1 saturated heterocycles. The average molecular weight is 600 g/mol. The Balaban J connectivity index is 1.77. The van der Waals surface area contributed by atoms with Gasteiger partial charge in [-0.3, -0.25) is 24.5 Å². The quantitative estimate of drug-likeness (QED) is 0.214. The number of halogens is 3. The Morgan fingerprint density at radius 3 is 2.15 bits per heavy atom. The fraction of sp³-hybridized carbons (Fsp3) is 0.318. The molecule has 0 N–H and O–H groups in total. The number of imide groups is 1. The highest BCUT2D eigenvalue weighted by Gasteiger charge is 2.54. The Labute approximate surface area is 211 Å².